The molecule has 0 saturated carbocycles. The first kappa shape index (κ1) is 19.3. The van der Waals surface area contributed by atoms with Crippen LogP contribution in [0.2, 0.25) is 0 Å². The summed E-state index contributed by atoms with van der Waals surface area (Å²) >= 11 is 2.87. The zero-order valence-corrected chi connectivity index (χ0v) is 18.3. The third-order valence-corrected chi connectivity index (χ3v) is 8.41. The molecule has 118 valence electrons. The summed E-state index contributed by atoms with van der Waals surface area (Å²) in [5.41, 5.74) is 2.83. The van der Waals surface area contributed by atoms with Gasteiger partial charge in [0.15, 0.2) is 0 Å². The van der Waals surface area contributed by atoms with Crippen LogP contribution in [0.5, 0.6) is 0 Å². The Balaban J connectivity index is 0.000000960. The molecule has 0 bridgehead atoms. The molecular formula is C18H15BrCl2OZr. The molecular weight excluding hydrogens is 474 g/mol. The van der Waals surface area contributed by atoms with Crippen LogP contribution >= 0.6 is 15.9 Å². The van der Waals surface area contributed by atoms with Gasteiger partial charge in [0.05, 0.1) is 0 Å². The maximum Gasteiger partial charge on any atom is -1.00 e. The number of hydrogen-bond donors (Lipinski definition) is 0. The molecule has 1 aliphatic heterocycles. The Morgan fingerprint density at radius 3 is 2.70 bits per heavy atom. The van der Waals surface area contributed by atoms with Crippen LogP contribution < -0.4 is 35.3 Å². The molecule has 4 rings (SSSR count). The van der Waals surface area contributed by atoms with E-state index in [0.717, 1.165) is 16.7 Å². The van der Waals surface area contributed by atoms with E-state index in [4.69, 9.17) is 4.74 Å². The smallest absolute Gasteiger partial charge is 1.00 e. The summed E-state index contributed by atoms with van der Waals surface area (Å²) in [6.07, 6.45) is 8.17. The van der Waals surface area contributed by atoms with Gasteiger partial charge in [-0.05, 0) is 0 Å². The molecule has 0 radical (unpaired) electrons. The Hall–Kier alpha value is -0.0769. The maximum absolute atomic E-state index is 6.16. The Kier molecular flexibility index (Phi) is 6.22. The van der Waals surface area contributed by atoms with Gasteiger partial charge in [-0.1, -0.05) is 0 Å². The quantitative estimate of drug-likeness (QED) is 0.442. The molecule has 1 unspecified atom stereocenters. The SMILES string of the molecule is CC1=C2C(=c3ccc(Br)cc3=[C]2[Zr+2][C]2=CC=CC2)OC1C.[Cl-].[Cl-]. The predicted octanol–water partition coefficient (Wildman–Crippen LogP) is -2.65. The van der Waals surface area contributed by atoms with Gasteiger partial charge in [-0.15, -0.1) is 0 Å². The van der Waals surface area contributed by atoms with E-state index < -0.39 is 23.2 Å². The van der Waals surface area contributed by atoms with Gasteiger partial charge in [0.1, 0.15) is 0 Å². The van der Waals surface area contributed by atoms with Crippen molar-refractivity contribution in [3.63, 3.8) is 0 Å². The Morgan fingerprint density at radius 2 is 2.00 bits per heavy atom. The summed E-state index contributed by atoms with van der Waals surface area (Å²) in [6.45, 7) is 4.39. The van der Waals surface area contributed by atoms with Crippen LogP contribution in [0.25, 0.3) is 9.04 Å². The van der Waals surface area contributed by atoms with Gasteiger partial charge in [0, 0.05) is 0 Å². The van der Waals surface area contributed by atoms with Crippen molar-refractivity contribution in [3.8, 4) is 0 Å². The predicted molar refractivity (Wildman–Crippen MR) is 85.3 cm³/mol. The molecule has 0 saturated heterocycles. The van der Waals surface area contributed by atoms with Crippen molar-refractivity contribution in [1.82, 2.24) is 0 Å². The fraction of sp³-hybridized carbons (Fsp3) is 0.222. The Morgan fingerprint density at radius 1 is 1.22 bits per heavy atom. The molecule has 0 amide bonds. The zero-order valence-electron chi connectivity index (χ0n) is 12.8. The number of hydrogen-bond acceptors (Lipinski definition) is 1. The van der Waals surface area contributed by atoms with E-state index in [-0.39, 0.29) is 30.9 Å². The van der Waals surface area contributed by atoms with Crippen molar-refractivity contribution in [2.45, 2.75) is 26.4 Å². The van der Waals surface area contributed by atoms with Crippen LogP contribution in [0, 0.1) is 0 Å². The monoisotopic (exact) mass is 486 g/mol. The second kappa shape index (κ2) is 7.44. The largest absolute Gasteiger partial charge is 1.00 e. The molecule has 1 heterocycles. The molecule has 2 aliphatic carbocycles. The van der Waals surface area contributed by atoms with Crippen LogP contribution in [0.1, 0.15) is 20.3 Å². The van der Waals surface area contributed by atoms with Crippen LogP contribution in [0.3, 0.4) is 0 Å². The van der Waals surface area contributed by atoms with Crippen LogP contribution in [-0.4, -0.2) is 6.10 Å². The molecule has 23 heavy (non-hydrogen) atoms. The van der Waals surface area contributed by atoms with Gasteiger partial charge in [-0.3, -0.25) is 0 Å². The summed E-state index contributed by atoms with van der Waals surface area (Å²) in [4.78, 5) is 0. The molecule has 0 fully saturated rings. The summed E-state index contributed by atoms with van der Waals surface area (Å²) in [5.74, 6) is 1.13. The van der Waals surface area contributed by atoms with Crippen molar-refractivity contribution in [2.75, 3.05) is 0 Å². The van der Waals surface area contributed by atoms with Crippen molar-refractivity contribution < 1.29 is 52.8 Å². The second-order valence-electron chi connectivity index (χ2n) is 5.66. The first-order chi connectivity index (χ1) is 10.1. The van der Waals surface area contributed by atoms with E-state index in [1.165, 1.54) is 21.6 Å². The van der Waals surface area contributed by atoms with E-state index in [9.17, 15) is 0 Å². The summed E-state index contributed by atoms with van der Waals surface area (Å²) in [7, 11) is 0. The number of halogens is 3. The molecule has 1 nitrogen and oxygen atoms in total. The van der Waals surface area contributed by atoms with Crippen molar-refractivity contribution in [3.05, 3.63) is 65.8 Å². The van der Waals surface area contributed by atoms with Gasteiger partial charge >= 0.3 is 145 Å². The zero-order chi connectivity index (χ0) is 14.6. The summed E-state index contributed by atoms with van der Waals surface area (Å²) in [5, 5.41) is 2.69. The van der Waals surface area contributed by atoms with Gasteiger partial charge < -0.3 is 24.8 Å². The normalized spacial score (nSPS) is 20.3. The number of benzene rings is 1. The minimum atomic E-state index is -0.753. The third kappa shape index (κ3) is 3.23. The fourth-order valence-electron chi connectivity index (χ4n) is 3.10. The Bertz CT molecular complexity index is 867. The third-order valence-electron chi connectivity index (χ3n) is 4.33. The van der Waals surface area contributed by atoms with Crippen LogP contribution in [0.15, 0.2) is 55.3 Å². The van der Waals surface area contributed by atoms with Gasteiger partial charge in [0.2, 0.25) is 0 Å². The maximum atomic E-state index is 6.16. The molecule has 0 aromatic heterocycles. The number of fused-ring (bicyclic) bond motifs is 2. The van der Waals surface area contributed by atoms with Crippen LogP contribution in [0.4, 0.5) is 0 Å². The van der Waals surface area contributed by atoms with Crippen molar-refractivity contribution >= 4 is 25.0 Å². The number of allylic oxidation sites excluding steroid dienone is 4. The van der Waals surface area contributed by atoms with Gasteiger partial charge in [-0.2, -0.15) is 0 Å². The second-order valence-corrected chi connectivity index (χ2v) is 10.00. The standard InChI is InChI=1S/C13H10BrO.C5H5.2ClH.Zr/c1-7-8(2)15-13-11-4-3-10(14)5-9(11)6-12(7)13;1-2-4-5-3-1;;;/h3-5,8H,1-2H3;1-3H,4H2;2*1H;/q;;;;+2/p-2. The molecule has 1 atom stereocenters. The average Bonchev–Trinajstić information content (AvgIpc) is 3.12. The van der Waals surface area contributed by atoms with Crippen molar-refractivity contribution in [1.29, 1.82) is 0 Å². The van der Waals surface area contributed by atoms with Crippen molar-refractivity contribution in [2.24, 2.45) is 0 Å². The van der Waals surface area contributed by atoms with E-state index in [0.29, 0.717) is 0 Å². The molecule has 0 N–H and O–H groups in total. The first-order valence-electron chi connectivity index (χ1n) is 7.20. The number of rotatable bonds is 2. The summed E-state index contributed by atoms with van der Waals surface area (Å²) in [6, 6.07) is 6.59. The summed E-state index contributed by atoms with van der Waals surface area (Å²) < 4.78 is 10.6. The van der Waals surface area contributed by atoms with E-state index in [1.54, 1.807) is 6.56 Å². The number of ether oxygens (including phenoxy) is 1. The van der Waals surface area contributed by atoms with E-state index in [1.807, 2.05) is 0 Å². The van der Waals surface area contributed by atoms with Crippen LogP contribution in [-0.2, 0) is 28.0 Å². The minimum Gasteiger partial charge on any atom is -1.00 e. The minimum absolute atomic E-state index is 0. The Labute approximate surface area is 168 Å². The molecule has 0 spiro atoms. The first-order valence-corrected chi connectivity index (χ1v) is 10.5. The average molecular weight is 489 g/mol. The molecule has 3 aliphatic rings. The topological polar surface area (TPSA) is 9.23 Å². The van der Waals surface area contributed by atoms with E-state index in [2.05, 4.69) is 66.2 Å². The van der Waals surface area contributed by atoms with E-state index >= 15 is 0 Å². The molecule has 1 aromatic rings. The van der Waals surface area contributed by atoms with Gasteiger partial charge in [-0.25, -0.2) is 0 Å². The fourth-order valence-corrected chi connectivity index (χ4v) is 7.14. The molecule has 1 aromatic carbocycles. The molecule has 5 heteroatoms. The van der Waals surface area contributed by atoms with Gasteiger partial charge in [0.25, 0.3) is 0 Å².